The van der Waals surface area contributed by atoms with Crippen LogP contribution in [-0.2, 0) is 9.53 Å². The molecule has 0 aromatic carbocycles. The molecule has 1 aliphatic heterocycles. The summed E-state index contributed by atoms with van der Waals surface area (Å²) in [5, 5.41) is 0. The molecule has 0 N–H and O–H groups in total. The van der Waals surface area contributed by atoms with E-state index in [0.717, 1.165) is 51.5 Å². The molecule has 1 saturated carbocycles. The van der Waals surface area contributed by atoms with Crippen molar-refractivity contribution < 1.29 is 14.3 Å². The predicted molar refractivity (Wildman–Crippen MR) is 72.9 cm³/mol. The van der Waals surface area contributed by atoms with Crippen molar-refractivity contribution in [1.29, 1.82) is 0 Å². The highest BCUT2D eigenvalue weighted by Crippen LogP contribution is 2.48. The summed E-state index contributed by atoms with van der Waals surface area (Å²) in [4.78, 5) is 24.7. The van der Waals surface area contributed by atoms with Gasteiger partial charge in [-0.1, -0.05) is 0 Å². The van der Waals surface area contributed by atoms with Gasteiger partial charge < -0.3 is 14.4 Å². The third-order valence-electron chi connectivity index (χ3n) is 4.41. The van der Waals surface area contributed by atoms with Crippen molar-refractivity contribution in [2.24, 2.45) is 11.3 Å². The lowest BCUT2D eigenvalue weighted by molar-refractivity contribution is -0.111. The molecule has 1 unspecified atom stereocenters. The van der Waals surface area contributed by atoms with Crippen LogP contribution in [0.2, 0.25) is 0 Å². The number of hydrogen-bond acceptors (Lipinski definition) is 3. The van der Waals surface area contributed by atoms with Crippen LogP contribution in [0.3, 0.4) is 0 Å². The number of hydrogen-bond donors (Lipinski definition) is 0. The van der Waals surface area contributed by atoms with E-state index in [9.17, 15) is 9.59 Å². The molecule has 108 valence electrons. The first-order valence-electron chi connectivity index (χ1n) is 7.27. The average molecular weight is 267 g/mol. The molecule has 2 fully saturated rings. The van der Waals surface area contributed by atoms with Crippen LogP contribution in [-0.4, -0.2) is 36.0 Å². The minimum absolute atomic E-state index is 0.202. The molecular weight excluding hydrogens is 242 g/mol. The standard InChI is InChI=1S/C15H25NO3/c1-14(2,3)19-13(18)16-8-6-15(7-9-16)5-4-12(10-15)11-17/h11-12H,4-10H2,1-3H3. The highest BCUT2D eigenvalue weighted by Gasteiger charge is 2.42. The molecule has 0 aromatic rings. The fourth-order valence-electron chi connectivity index (χ4n) is 3.31. The molecule has 0 bridgehead atoms. The minimum atomic E-state index is -0.428. The first-order chi connectivity index (χ1) is 8.84. The Labute approximate surface area is 115 Å². The zero-order valence-electron chi connectivity index (χ0n) is 12.3. The van der Waals surface area contributed by atoms with Gasteiger partial charge in [-0.2, -0.15) is 0 Å². The number of ether oxygens (including phenoxy) is 1. The Morgan fingerprint density at radius 1 is 1.26 bits per heavy atom. The largest absolute Gasteiger partial charge is 0.444 e. The Balaban J connectivity index is 1.86. The molecular formula is C15H25NO3. The van der Waals surface area contributed by atoms with E-state index in [0.29, 0.717) is 5.41 Å². The van der Waals surface area contributed by atoms with Gasteiger partial charge in [-0.3, -0.25) is 0 Å². The lowest BCUT2D eigenvalue weighted by atomic mass is 9.76. The number of carbonyl (C=O) groups excluding carboxylic acids is 2. The molecule has 4 heteroatoms. The van der Waals surface area contributed by atoms with E-state index in [1.807, 2.05) is 25.7 Å². The second-order valence-corrected chi connectivity index (χ2v) is 7.11. The average Bonchev–Trinajstić information content (AvgIpc) is 2.71. The fraction of sp³-hybridized carbons (Fsp3) is 0.867. The van der Waals surface area contributed by atoms with Gasteiger partial charge in [-0.25, -0.2) is 4.79 Å². The molecule has 1 aliphatic carbocycles. The SMILES string of the molecule is CC(C)(C)OC(=O)N1CCC2(CCC(C=O)C2)CC1. The smallest absolute Gasteiger partial charge is 0.410 e. The number of piperidine rings is 1. The second kappa shape index (κ2) is 5.14. The summed E-state index contributed by atoms with van der Waals surface area (Å²) in [5.41, 5.74) is -0.119. The van der Waals surface area contributed by atoms with Gasteiger partial charge in [0.1, 0.15) is 11.9 Å². The van der Waals surface area contributed by atoms with Crippen molar-refractivity contribution in [2.45, 2.75) is 58.5 Å². The second-order valence-electron chi connectivity index (χ2n) is 7.11. The first kappa shape index (κ1) is 14.4. The first-order valence-corrected chi connectivity index (χ1v) is 7.27. The van der Waals surface area contributed by atoms with Gasteiger partial charge in [0.25, 0.3) is 0 Å². The minimum Gasteiger partial charge on any atom is -0.444 e. The van der Waals surface area contributed by atoms with Gasteiger partial charge in [-0.05, 0) is 58.3 Å². The predicted octanol–water partition coefficient (Wildman–Crippen LogP) is 3.00. The van der Waals surface area contributed by atoms with Gasteiger partial charge in [0.05, 0.1) is 0 Å². The van der Waals surface area contributed by atoms with Crippen LogP contribution in [0.25, 0.3) is 0 Å². The van der Waals surface area contributed by atoms with Crippen molar-refractivity contribution in [3.63, 3.8) is 0 Å². The number of nitrogens with zero attached hydrogens (tertiary/aromatic N) is 1. The van der Waals surface area contributed by atoms with Crippen molar-refractivity contribution in [1.82, 2.24) is 4.90 Å². The maximum absolute atomic E-state index is 12.0. The highest BCUT2D eigenvalue weighted by molar-refractivity contribution is 5.68. The zero-order chi connectivity index (χ0) is 14.1. The number of rotatable bonds is 1. The number of likely N-dealkylation sites (tertiary alicyclic amines) is 1. The van der Waals surface area contributed by atoms with E-state index in [2.05, 4.69) is 0 Å². The molecule has 2 aliphatic rings. The van der Waals surface area contributed by atoms with Crippen LogP contribution < -0.4 is 0 Å². The van der Waals surface area contributed by atoms with Crippen LogP contribution >= 0.6 is 0 Å². The summed E-state index contributed by atoms with van der Waals surface area (Å²) in [7, 11) is 0. The normalized spacial score (nSPS) is 26.5. The van der Waals surface area contributed by atoms with Crippen molar-refractivity contribution in [3.05, 3.63) is 0 Å². The maximum atomic E-state index is 12.0. The summed E-state index contributed by atoms with van der Waals surface area (Å²) in [5.74, 6) is 0.244. The van der Waals surface area contributed by atoms with Gasteiger partial charge >= 0.3 is 6.09 Å². The van der Waals surface area contributed by atoms with Gasteiger partial charge in [0.15, 0.2) is 0 Å². The molecule has 1 saturated heterocycles. The van der Waals surface area contributed by atoms with Crippen LogP contribution in [0.4, 0.5) is 4.79 Å². The molecule has 1 atom stereocenters. The lowest BCUT2D eigenvalue weighted by Crippen LogP contribution is -2.44. The molecule has 4 nitrogen and oxygen atoms in total. The van der Waals surface area contributed by atoms with Crippen molar-refractivity contribution in [2.75, 3.05) is 13.1 Å². The highest BCUT2D eigenvalue weighted by atomic mass is 16.6. The monoisotopic (exact) mass is 267 g/mol. The molecule has 0 aromatic heterocycles. The number of aldehydes is 1. The van der Waals surface area contributed by atoms with E-state index in [1.165, 1.54) is 0 Å². The molecule has 19 heavy (non-hydrogen) atoms. The summed E-state index contributed by atoms with van der Waals surface area (Å²) in [6, 6.07) is 0. The van der Waals surface area contributed by atoms with E-state index < -0.39 is 5.60 Å². The van der Waals surface area contributed by atoms with E-state index in [1.54, 1.807) is 0 Å². The Hall–Kier alpha value is -1.06. The van der Waals surface area contributed by atoms with Crippen molar-refractivity contribution >= 4 is 12.4 Å². The van der Waals surface area contributed by atoms with E-state index in [4.69, 9.17) is 4.74 Å². The maximum Gasteiger partial charge on any atom is 0.410 e. The number of carbonyl (C=O) groups is 2. The van der Waals surface area contributed by atoms with Crippen LogP contribution in [0.5, 0.6) is 0 Å². The summed E-state index contributed by atoms with van der Waals surface area (Å²) >= 11 is 0. The Kier molecular flexibility index (Phi) is 3.88. The third kappa shape index (κ3) is 3.48. The Morgan fingerprint density at radius 3 is 2.37 bits per heavy atom. The summed E-state index contributed by atoms with van der Waals surface area (Å²) in [6.07, 6.45) is 6.10. The quantitative estimate of drug-likeness (QED) is 0.686. The molecule has 1 amide bonds. The van der Waals surface area contributed by atoms with Crippen LogP contribution in [0.1, 0.15) is 52.9 Å². The van der Waals surface area contributed by atoms with Gasteiger partial charge in [0.2, 0.25) is 0 Å². The molecule has 1 heterocycles. The van der Waals surface area contributed by atoms with Crippen LogP contribution in [0, 0.1) is 11.3 Å². The Bertz CT molecular complexity index is 351. The van der Waals surface area contributed by atoms with E-state index >= 15 is 0 Å². The lowest BCUT2D eigenvalue weighted by Gasteiger charge is -2.39. The zero-order valence-corrected chi connectivity index (χ0v) is 12.3. The van der Waals surface area contributed by atoms with Gasteiger partial charge in [0, 0.05) is 19.0 Å². The van der Waals surface area contributed by atoms with Crippen molar-refractivity contribution in [3.8, 4) is 0 Å². The molecule has 2 rings (SSSR count). The summed E-state index contributed by atoms with van der Waals surface area (Å²) < 4.78 is 5.40. The molecule has 1 spiro atoms. The fourth-order valence-corrected chi connectivity index (χ4v) is 3.31. The molecule has 0 radical (unpaired) electrons. The number of amides is 1. The van der Waals surface area contributed by atoms with Crippen LogP contribution in [0.15, 0.2) is 0 Å². The van der Waals surface area contributed by atoms with E-state index in [-0.39, 0.29) is 12.0 Å². The Morgan fingerprint density at radius 2 is 1.89 bits per heavy atom. The summed E-state index contributed by atoms with van der Waals surface area (Å²) in [6.45, 7) is 7.20. The third-order valence-corrected chi connectivity index (χ3v) is 4.41. The van der Waals surface area contributed by atoms with Gasteiger partial charge in [-0.15, -0.1) is 0 Å². The topological polar surface area (TPSA) is 46.6 Å².